The highest BCUT2D eigenvalue weighted by atomic mass is 16.6. The second kappa shape index (κ2) is 5.15. The Balaban J connectivity index is 1.89. The summed E-state index contributed by atoms with van der Waals surface area (Å²) in [5.74, 6) is 0.533. The monoisotopic (exact) mass is 238 g/mol. The van der Waals surface area contributed by atoms with Crippen LogP contribution in [0.3, 0.4) is 0 Å². The van der Waals surface area contributed by atoms with Gasteiger partial charge in [-0.3, -0.25) is 4.79 Å². The van der Waals surface area contributed by atoms with Gasteiger partial charge in [0.25, 0.3) is 6.47 Å². The van der Waals surface area contributed by atoms with Crippen molar-refractivity contribution < 1.29 is 23.5 Å². The molecular formula is C10H10N2O5. The predicted octanol–water partition coefficient (Wildman–Crippen LogP) is 0.607. The third-order valence-corrected chi connectivity index (χ3v) is 2.07. The van der Waals surface area contributed by atoms with Gasteiger partial charge in [0.15, 0.2) is 6.10 Å². The van der Waals surface area contributed by atoms with Crippen LogP contribution in [0, 0.1) is 0 Å². The quantitative estimate of drug-likeness (QED) is 0.554. The summed E-state index contributed by atoms with van der Waals surface area (Å²) in [6, 6.07) is 3.42. The number of hydrogen-bond donors (Lipinski definition) is 0. The lowest BCUT2D eigenvalue weighted by molar-refractivity contribution is -0.130. The van der Waals surface area contributed by atoms with Gasteiger partial charge in [-0.15, -0.1) is 0 Å². The summed E-state index contributed by atoms with van der Waals surface area (Å²) in [6.07, 6.45) is 1.85. The average molecular weight is 238 g/mol. The largest absolute Gasteiger partial charge is 0.464 e. The molecule has 7 heteroatoms. The third kappa shape index (κ3) is 2.83. The molecule has 90 valence electrons. The number of cyclic esters (lactones) is 1. The molecule has 7 nitrogen and oxygen atoms in total. The number of hydrogen-bond acceptors (Lipinski definition) is 6. The van der Waals surface area contributed by atoms with E-state index < -0.39 is 12.2 Å². The molecule has 1 atom stereocenters. The first-order valence-electron chi connectivity index (χ1n) is 4.90. The second-order valence-electron chi connectivity index (χ2n) is 3.28. The first-order valence-corrected chi connectivity index (χ1v) is 4.90. The molecule has 0 spiro atoms. The molecule has 1 saturated heterocycles. The normalized spacial score (nSPS) is 19.6. The van der Waals surface area contributed by atoms with E-state index in [1.165, 1.54) is 12.5 Å². The fourth-order valence-electron chi connectivity index (χ4n) is 1.33. The highest BCUT2D eigenvalue weighted by molar-refractivity contribution is 5.78. The highest BCUT2D eigenvalue weighted by Crippen LogP contribution is 2.11. The maximum absolute atomic E-state index is 11.3. The number of ether oxygens (including phenoxy) is 2. The first kappa shape index (κ1) is 11.2. The van der Waals surface area contributed by atoms with Crippen LogP contribution in [0.4, 0.5) is 4.79 Å². The lowest BCUT2D eigenvalue weighted by atomic mass is 10.4. The standard InChI is InChI=1S/C10H10N2O5/c13-7-15-6-9-5-12(10(14)17-9)11-4-8-2-1-3-16-8/h1-4,7,9H,5-6H2. The van der Waals surface area contributed by atoms with Gasteiger partial charge in [-0.2, -0.15) is 10.1 Å². The molecule has 1 unspecified atom stereocenters. The zero-order valence-electron chi connectivity index (χ0n) is 8.81. The van der Waals surface area contributed by atoms with E-state index in [2.05, 4.69) is 9.84 Å². The molecule has 0 aliphatic carbocycles. The van der Waals surface area contributed by atoms with Gasteiger partial charge in [-0.25, -0.2) is 4.79 Å². The maximum atomic E-state index is 11.3. The van der Waals surface area contributed by atoms with E-state index in [0.717, 1.165) is 5.01 Å². The van der Waals surface area contributed by atoms with Crippen molar-refractivity contribution >= 4 is 18.8 Å². The van der Waals surface area contributed by atoms with Crippen LogP contribution in [0.15, 0.2) is 27.9 Å². The number of carbonyl (C=O) groups is 2. The Labute approximate surface area is 96.6 Å². The molecule has 2 heterocycles. The SMILES string of the molecule is O=COCC1CN(N=Cc2ccco2)C(=O)O1. The first-order chi connectivity index (χ1) is 8.29. The zero-order chi connectivity index (χ0) is 12.1. The lowest BCUT2D eigenvalue weighted by Gasteiger charge is -2.04. The molecular weight excluding hydrogens is 228 g/mol. The third-order valence-electron chi connectivity index (χ3n) is 2.07. The van der Waals surface area contributed by atoms with Gasteiger partial charge < -0.3 is 13.9 Å². The van der Waals surface area contributed by atoms with E-state index >= 15 is 0 Å². The molecule has 17 heavy (non-hydrogen) atoms. The fraction of sp³-hybridized carbons (Fsp3) is 0.300. The average Bonchev–Trinajstić information content (AvgIpc) is 2.93. The summed E-state index contributed by atoms with van der Waals surface area (Å²) in [4.78, 5) is 21.3. The van der Waals surface area contributed by atoms with Gasteiger partial charge in [-0.05, 0) is 12.1 Å². The number of nitrogens with zero attached hydrogens (tertiary/aromatic N) is 2. The summed E-state index contributed by atoms with van der Waals surface area (Å²) >= 11 is 0. The minimum Gasteiger partial charge on any atom is -0.464 e. The van der Waals surface area contributed by atoms with Crippen molar-refractivity contribution in [3.63, 3.8) is 0 Å². The fourth-order valence-corrected chi connectivity index (χ4v) is 1.33. The Hall–Kier alpha value is -2.31. The van der Waals surface area contributed by atoms with E-state index in [9.17, 15) is 9.59 Å². The topological polar surface area (TPSA) is 81.3 Å². The van der Waals surface area contributed by atoms with E-state index in [4.69, 9.17) is 9.15 Å². The van der Waals surface area contributed by atoms with Gasteiger partial charge in [-0.1, -0.05) is 0 Å². The van der Waals surface area contributed by atoms with Gasteiger partial charge in [0.05, 0.1) is 19.0 Å². The molecule has 1 amide bonds. The molecule has 0 radical (unpaired) electrons. The minimum atomic E-state index is -0.577. The number of rotatable bonds is 5. The molecule has 2 rings (SSSR count). The zero-order valence-corrected chi connectivity index (χ0v) is 8.81. The Bertz CT molecular complexity index is 414. The lowest BCUT2D eigenvalue weighted by Crippen LogP contribution is -2.21. The Morgan fingerprint density at radius 3 is 3.24 bits per heavy atom. The highest BCUT2D eigenvalue weighted by Gasteiger charge is 2.31. The van der Waals surface area contributed by atoms with Gasteiger partial charge in [0, 0.05) is 0 Å². The molecule has 0 saturated carbocycles. The van der Waals surface area contributed by atoms with Crippen molar-refractivity contribution in [2.45, 2.75) is 6.10 Å². The van der Waals surface area contributed by atoms with E-state index in [1.807, 2.05) is 0 Å². The van der Waals surface area contributed by atoms with Crippen molar-refractivity contribution in [2.24, 2.45) is 5.10 Å². The Kier molecular flexibility index (Phi) is 3.39. The van der Waals surface area contributed by atoms with Crippen LogP contribution < -0.4 is 0 Å². The van der Waals surface area contributed by atoms with Crippen LogP contribution in [0.2, 0.25) is 0 Å². The number of hydrazone groups is 1. The number of amides is 1. The summed E-state index contributed by atoms with van der Waals surface area (Å²) < 4.78 is 14.4. The van der Waals surface area contributed by atoms with Crippen molar-refractivity contribution in [2.75, 3.05) is 13.2 Å². The summed E-state index contributed by atoms with van der Waals surface area (Å²) in [5.41, 5.74) is 0. The van der Waals surface area contributed by atoms with Crippen LogP contribution in [-0.2, 0) is 14.3 Å². The molecule has 1 aromatic heterocycles. The molecule has 0 bridgehead atoms. The Morgan fingerprint density at radius 2 is 2.53 bits per heavy atom. The van der Waals surface area contributed by atoms with E-state index in [-0.39, 0.29) is 13.2 Å². The van der Waals surface area contributed by atoms with Crippen LogP contribution >= 0.6 is 0 Å². The number of carbonyl (C=O) groups excluding carboxylic acids is 2. The summed E-state index contributed by atoms with van der Waals surface area (Å²) in [5, 5.41) is 5.04. The summed E-state index contributed by atoms with van der Waals surface area (Å²) in [6.45, 7) is 0.578. The molecule has 0 aromatic carbocycles. The molecule has 1 fully saturated rings. The minimum absolute atomic E-state index is 0.0298. The second-order valence-corrected chi connectivity index (χ2v) is 3.28. The molecule has 1 aliphatic heterocycles. The van der Waals surface area contributed by atoms with Crippen molar-refractivity contribution in [1.82, 2.24) is 5.01 Å². The van der Waals surface area contributed by atoms with E-state index in [1.54, 1.807) is 12.1 Å². The predicted molar refractivity (Wildman–Crippen MR) is 55.3 cm³/mol. The number of furan rings is 1. The van der Waals surface area contributed by atoms with E-state index in [0.29, 0.717) is 12.2 Å². The van der Waals surface area contributed by atoms with Crippen LogP contribution in [0.5, 0.6) is 0 Å². The van der Waals surface area contributed by atoms with Crippen LogP contribution in [0.1, 0.15) is 5.76 Å². The van der Waals surface area contributed by atoms with Gasteiger partial charge in [0.2, 0.25) is 0 Å². The molecule has 0 N–H and O–H groups in total. The Morgan fingerprint density at radius 1 is 1.65 bits per heavy atom. The van der Waals surface area contributed by atoms with Crippen molar-refractivity contribution in [3.8, 4) is 0 Å². The maximum Gasteiger partial charge on any atom is 0.430 e. The smallest absolute Gasteiger partial charge is 0.430 e. The summed E-state index contributed by atoms with van der Waals surface area (Å²) in [7, 11) is 0. The van der Waals surface area contributed by atoms with Gasteiger partial charge >= 0.3 is 6.09 Å². The van der Waals surface area contributed by atoms with Crippen molar-refractivity contribution in [1.29, 1.82) is 0 Å². The molecule has 1 aliphatic rings. The molecule has 1 aromatic rings. The van der Waals surface area contributed by atoms with Gasteiger partial charge in [0.1, 0.15) is 12.4 Å². The van der Waals surface area contributed by atoms with Crippen LogP contribution in [-0.4, -0.2) is 43.0 Å². The van der Waals surface area contributed by atoms with Crippen molar-refractivity contribution in [3.05, 3.63) is 24.2 Å². The van der Waals surface area contributed by atoms with Crippen LogP contribution in [0.25, 0.3) is 0 Å².